The molecule has 1 aliphatic heterocycles. The summed E-state index contributed by atoms with van der Waals surface area (Å²) in [5, 5.41) is 11.2. The average molecular weight is 428 g/mol. The minimum Gasteiger partial charge on any atom is -0.378 e. The van der Waals surface area contributed by atoms with Gasteiger partial charge >= 0.3 is 0 Å². The molecule has 0 radical (unpaired) electrons. The number of carbonyl (C=O) groups excluding carboxylic acids is 1. The predicted molar refractivity (Wildman–Crippen MR) is 118 cm³/mol. The monoisotopic (exact) mass is 427 g/mol. The first-order valence-electron chi connectivity index (χ1n) is 9.22. The van der Waals surface area contributed by atoms with E-state index in [0.29, 0.717) is 10.7 Å². The van der Waals surface area contributed by atoms with E-state index in [1.807, 2.05) is 48.5 Å². The van der Waals surface area contributed by atoms with Crippen molar-refractivity contribution in [3.05, 3.63) is 59.7 Å². The van der Waals surface area contributed by atoms with Crippen molar-refractivity contribution in [2.24, 2.45) is 0 Å². The first kappa shape index (κ1) is 19.7. The third-order valence-corrected chi connectivity index (χ3v) is 6.46. The summed E-state index contributed by atoms with van der Waals surface area (Å²) in [6, 6.07) is 15.5. The SMILES string of the molecule is Nc1nnc(SCc2ccc(C(=O)Nc3ccc(N4CCOCC4)cc3)cc2)s1. The number of nitrogen functional groups attached to an aromatic ring is 1. The molecule has 1 aliphatic rings. The zero-order chi connectivity index (χ0) is 20.1. The summed E-state index contributed by atoms with van der Waals surface area (Å²) in [6.45, 7) is 3.29. The molecule has 150 valence electrons. The van der Waals surface area contributed by atoms with Crippen LogP contribution in [0.15, 0.2) is 52.9 Å². The molecule has 0 spiro atoms. The number of amides is 1. The molecule has 4 rings (SSSR count). The van der Waals surface area contributed by atoms with E-state index in [4.69, 9.17) is 10.5 Å². The van der Waals surface area contributed by atoms with Gasteiger partial charge in [-0.1, -0.05) is 35.2 Å². The van der Waals surface area contributed by atoms with E-state index in [1.54, 1.807) is 11.8 Å². The summed E-state index contributed by atoms with van der Waals surface area (Å²) in [7, 11) is 0. The summed E-state index contributed by atoms with van der Waals surface area (Å²) in [5.74, 6) is 0.625. The molecule has 1 amide bonds. The summed E-state index contributed by atoms with van der Waals surface area (Å²) in [6.07, 6.45) is 0. The van der Waals surface area contributed by atoms with Gasteiger partial charge in [-0.2, -0.15) is 0 Å². The molecule has 0 aliphatic carbocycles. The predicted octanol–water partition coefficient (Wildman–Crippen LogP) is 3.50. The number of hydrogen-bond acceptors (Lipinski definition) is 8. The van der Waals surface area contributed by atoms with Gasteiger partial charge in [0.1, 0.15) is 0 Å². The topological polar surface area (TPSA) is 93.4 Å². The number of anilines is 3. The smallest absolute Gasteiger partial charge is 0.255 e. The zero-order valence-corrected chi connectivity index (χ0v) is 17.3. The van der Waals surface area contributed by atoms with Gasteiger partial charge in [-0.25, -0.2) is 0 Å². The Bertz CT molecular complexity index is 954. The van der Waals surface area contributed by atoms with Crippen LogP contribution in [0.4, 0.5) is 16.5 Å². The molecule has 2 aromatic carbocycles. The Kier molecular flexibility index (Phi) is 6.28. The van der Waals surface area contributed by atoms with Crippen LogP contribution in [0.3, 0.4) is 0 Å². The van der Waals surface area contributed by atoms with Crippen molar-refractivity contribution in [2.75, 3.05) is 42.3 Å². The Labute approximate surface area is 177 Å². The summed E-state index contributed by atoms with van der Waals surface area (Å²) >= 11 is 2.95. The molecule has 3 N–H and O–H groups in total. The van der Waals surface area contributed by atoms with Gasteiger partial charge in [0.15, 0.2) is 4.34 Å². The van der Waals surface area contributed by atoms with Gasteiger partial charge in [0, 0.05) is 35.8 Å². The quantitative estimate of drug-likeness (QED) is 0.582. The van der Waals surface area contributed by atoms with Gasteiger partial charge in [0.05, 0.1) is 13.2 Å². The van der Waals surface area contributed by atoms with Crippen molar-refractivity contribution in [3.63, 3.8) is 0 Å². The minimum absolute atomic E-state index is 0.125. The molecule has 3 aromatic rings. The molecule has 0 bridgehead atoms. The first-order valence-corrected chi connectivity index (χ1v) is 11.0. The van der Waals surface area contributed by atoms with E-state index in [-0.39, 0.29) is 5.91 Å². The van der Waals surface area contributed by atoms with Crippen LogP contribution in [-0.4, -0.2) is 42.4 Å². The number of rotatable bonds is 6. The number of ether oxygens (including phenoxy) is 1. The second kappa shape index (κ2) is 9.25. The molecule has 1 saturated heterocycles. The van der Waals surface area contributed by atoms with Crippen molar-refractivity contribution < 1.29 is 9.53 Å². The van der Waals surface area contributed by atoms with Crippen LogP contribution in [-0.2, 0) is 10.5 Å². The lowest BCUT2D eigenvalue weighted by atomic mass is 10.1. The normalized spacial score (nSPS) is 14.0. The largest absolute Gasteiger partial charge is 0.378 e. The number of aromatic nitrogens is 2. The third kappa shape index (κ3) is 5.26. The van der Waals surface area contributed by atoms with Crippen molar-refractivity contribution >= 4 is 45.5 Å². The fourth-order valence-corrected chi connectivity index (χ4v) is 4.55. The average Bonchev–Trinajstić information content (AvgIpc) is 3.19. The molecule has 1 aromatic heterocycles. The molecule has 0 atom stereocenters. The maximum Gasteiger partial charge on any atom is 0.255 e. The molecule has 7 nitrogen and oxygen atoms in total. The molecular formula is C20H21N5O2S2. The number of hydrogen-bond donors (Lipinski definition) is 2. The second-order valence-electron chi connectivity index (χ2n) is 6.49. The lowest BCUT2D eigenvalue weighted by Gasteiger charge is -2.28. The number of carbonyl (C=O) groups is 1. The number of nitrogens with zero attached hydrogens (tertiary/aromatic N) is 3. The van der Waals surface area contributed by atoms with E-state index in [9.17, 15) is 4.79 Å². The molecule has 0 saturated carbocycles. The number of benzene rings is 2. The second-order valence-corrected chi connectivity index (χ2v) is 8.72. The standard InChI is InChI=1S/C20H21N5O2S2/c21-19-23-24-20(29-19)28-13-14-1-3-15(4-2-14)18(26)22-16-5-7-17(8-6-16)25-9-11-27-12-10-25/h1-8H,9-13H2,(H2,21,23)(H,22,26). The van der Waals surface area contributed by atoms with Gasteiger partial charge in [-0.05, 0) is 42.0 Å². The minimum atomic E-state index is -0.125. The molecule has 2 heterocycles. The maximum absolute atomic E-state index is 12.5. The van der Waals surface area contributed by atoms with Crippen molar-refractivity contribution in [1.82, 2.24) is 10.2 Å². The Balaban J connectivity index is 1.32. The Morgan fingerprint density at radius 2 is 1.83 bits per heavy atom. The molecule has 29 heavy (non-hydrogen) atoms. The lowest BCUT2D eigenvalue weighted by molar-refractivity contribution is 0.102. The summed E-state index contributed by atoms with van der Waals surface area (Å²) in [4.78, 5) is 14.8. The maximum atomic E-state index is 12.5. The number of nitrogens with one attached hydrogen (secondary N) is 1. The number of nitrogens with two attached hydrogens (primary N) is 1. The van der Waals surface area contributed by atoms with Crippen molar-refractivity contribution in [3.8, 4) is 0 Å². The fraction of sp³-hybridized carbons (Fsp3) is 0.250. The lowest BCUT2D eigenvalue weighted by Crippen LogP contribution is -2.36. The van der Waals surface area contributed by atoms with Gasteiger partial charge in [-0.3, -0.25) is 4.79 Å². The zero-order valence-electron chi connectivity index (χ0n) is 15.7. The molecule has 0 unspecified atom stereocenters. The first-order chi connectivity index (χ1) is 14.2. The van der Waals surface area contributed by atoms with E-state index in [1.165, 1.54) is 11.3 Å². The van der Waals surface area contributed by atoms with Gasteiger partial charge in [0.25, 0.3) is 5.91 Å². The van der Waals surface area contributed by atoms with Crippen LogP contribution in [0.5, 0.6) is 0 Å². The summed E-state index contributed by atoms with van der Waals surface area (Å²) < 4.78 is 6.22. The Morgan fingerprint density at radius 1 is 1.10 bits per heavy atom. The highest BCUT2D eigenvalue weighted by Crippen LogP contribution is 2.27. The molecular weight excluding hydrogens is 406 g/mol. The fourth-order valence-electron chi connectivity index (χ4n) is 2.96. The van der Waals surface area contributed by atoms with Crippen LogP contribution in [0.1, 0.15) is 15.9 Å². The Hall–Kier alpha value is -2.62. The highest BCUT2D eigenvalue weighted by atomic mass is 32.2. The van der Waals surface area contributed by atoms with E-state index < -0.39 is 0 Å². The van der Waals surface area contributed by atoms with Crippen LogP contribution < -0.4 is 16.0 Å². The van der Waals surface area contributed by atoms with E-state index in [2.05, 4.69) is 20.4 Å². The van der Waals surface area contributed by atoms with Crippen LogP contribution in [0.2, 0.25) is 0 Å². The summed E-state index contributed by atoms with van der Waals surface area (Å²) in [5.41, 5.74) is 9.24. The Morgan fingerprint density at radius 3 is 2.48 bits per heavy atom. The van der Waals surface area contributed by atoms with Gasteiger partial charge < -0.3 is 20.7 Å². The number of morpholine rings is 1. The van der Waals surface area contributed by atoms with Crippen LogP contribution in [0, 0.1) is 0 Å². The van der Waals surface area contributed by atoms with Crippen LogP contribution in [0.25, 0.3) is 0 Å². The highest BCUT2D eigenvalue weighted by molar-refractivity contribution is 8.00. The van der Waals surface area contributed by atoms with Gasteiger partial charge in [0.2, 0.25) is 5.13 Å². The van der Waals surface area contributed by atoms with Crippen molar-refractivity contribution in [1.29, 1.82) is 0 Å². The van der Waals surface area contributed by atoms with E-state index >= 15 is 0 Å². The molecule has 9 heteroatoms. The third-order valence-electron chi connectivity index (χ3n) is 4.50. The number of thioether (sulfide) groups is 1. The van der Waals surface area contributed by atoms with E-state index in [0.717, 1.165) is 53.3 Å². The highest BCUT2D eigenvalue weighted by Gasteiger charge is 2.12. The van der Waals surface area contributed by atoms with Crippen molar-refractivity contribution in [2.45, 2.75) is 10.1 Å². The molecule has 1 fully saturated rings. The van der Waals surface area contributed by atoms with Crippen LogP contribution >= 0.6 is 23.1 Å². The van der Waals surface area contributed by atoms with Gasteiger partial charge in [-0.15, -0.1) is 10.2 Å².